The molecule has 0 amide bonds. The second-order valence-electron chi connectivity index (χ2n) is 4.30. The summed E-state index contributed by atoms with van der Waals surface area (Å²) < 4.78 is 29.1. The summed E-state index contributed by atoms with van der Waals surface area (Å²) in [6.45, 7) is 3.62. The molecule has 1 aromatic carbocycles. The van der Waals surface area contributed by atoms with Crippen LogP contribution in [0, 0.1) is 0 Å². The fourth-order valence-electron chi connectivity index (χ4n) is 1.58. The van der Waals surface area contributed by atoms with Crippen LogP contribution >= 0.6 is 15.9 Å². The van der Waals surface area contributed by atoms with Crippen LogP contribution < -0.4 is 4.74 Å². The first-order valence-corrected chi connectivity index (χ1v) is 8.78. The van der Waals surface area contributed by atoms with Crippen molar-refractivity contribution in [2.75, 3.05) is 18.1 Å². The van der Waals surface area contributed by atoms with Gasteiger partial charge in [0.2, 0.25) is 0 Å². The van der Waals surface area contributed by atoms with Gasteiger partial charge < -0.3 is 9.84 Å². The minimum Gasteiger partial charge on any atom is -0.493 e. The van der Waals surface area contributed by atoms with Crippen LogP contribution in [0.5, 0.6) is 5.75 Å². The summed E-state index contributed by atoms with van der Waals surface area (Å²) in [6, 6.07) is 5.38. The molecule has 1 atom stereocenters. The van der Waals surface area contributed by atoms with Crippen molar-refractivity contribution in [2.24, 2.45) is 0 Å². The van der Waals surface area contributed by atoms with Crippen LogP contribution in [-0.2, 0) is 9.84 Å². The lowest BCUT2D eigenvalue weighted by Crippen LogP contribution is -2.12. The average Bonchev–Trinajstić information content (AvgIpc) is 2.36. The topological polar surface area (TPSA) is 63.6 Å². The Morgan fingerprint density at radius 3 is 2.68 bits per heavy atom. The number of aliphatic hydroxyl groups excluding tert-OH is 1. The molecule has 0 aliphatic rings. The molecule has 108 valence electrons. The van der Waals surface area contributed by atoms with Gasteiger partial charge in [-0.1, -0.05) is 22.9 Å². The van der Waals surface area contributed by atoms with Crippen LogP contribution in [0.3, 0.4) is 0 Å². The van der Waals surface area contributed by atoms with E-state index in [4.69, 9.17) is 4.74 Å². The zero-order valence-corrected chi connectivity index (χ0v) is 13.5. The van der Waals surface area contributed by atoms with Gasteiger partial charge in [0.25, 0.3) is 0 Å². The molecule has 0 aliphatic heterocycles. The van der Waals surface area contributed by atoms with Gasteiger partial charge >= 0.3 is 0 Å². The van der Waals surface area contributed by atoms with Gasteiger partial charge in [-0.3, -0.25) is 0 Å². The summed E-state index contributed by atoms with van der Waals surface area (Å²) in [5.74, 6) is 0.876. The first-order valence-electron chi connectivity index (χ1n) is 6.16. The average molecular weight is 351 g/mol. The number of hydrogen-bond acceptors (Lipinski definition) is 4. The highest BCUT2D eigenvalue weighted by Gasteiger charge is 2.11. The lowest BCUT2D eigenvalue weighted by Gasteiger charge is -2.13. The maximum atomic E-state index is 11.3. The molecule has 0 aromatic heterocycles. The third kappa shape index (κ3) is 5.50. The fourth-order valence-corrected chi connectivity index (χ4v) is 2.81. The van der Waals surface area contributed by atoms with Crippen LogP contribution in [-0.4, -0.2) is 31.6 Å². The Bertz CT molecular complexity index is 511. The lowest BCUT2D eigenvalue weighted by atomic mass is 10.1. The van der Waals surface area contributed by atoms with Crippen molar-refractivity contribution in [1.29, 1.82) is 0 Å². The number of benzene rings is 1. The van der Waals surface area contributed by atoms with E-state index in [0.717, 1.165) is 4.47 Å². The Labute approximate surface area is 122 Å². The minimum atomic E-state index is -2.94. The predicted octanol–water partition coefficient (Wildman–Crippen LogP) is 2.71. The summed E-state index contributed by atoms with van der Waals surface area (Å²) in [7, 11) is -2.94. The van der Waals surface area contributed by atoms with E-state index in [9.17, 15) is 13.5 Å². The highest BCUT2D eigenvalue weighted by molar-refractivity contribution is 9.10. The number of sulfone groups is 1. The number of halogens is 1. The molecule has 1 aromatic rings. The molecule has 0 aliphatic carbocycles. The summed E-state index contributed by atoms with van der Waals surface area (Å²) in [4.78, 5) is 0. The third-order valence-corrected chi connectivity index (χ3v) is 5.00. The van der Waals surface area contributed by atoms with Crippen molar-refractivity contribution >= 4 is 25.8 Å². The van der Waals surface area contributed by atoms with E-state index in [2.05, 4.69) is 15.9 Å². The van der Waals surface area contributed by atoms with Crippen molar-refractivity contribution in [1.82, 2.24) is 0 Å². The van der Waals surface area contributed by atoms with Crippen molar-refractivity contribution in [3.05, 3.63) is 28.2 Å². The largest absolute Gasteiger partial charge is 0.493 e. The summed E-state index contributed by atoms with van der Waals surface area (Å²) in [6.07, 6.45) is -0.183. The van der Waals surface area contributed by atoms with Crippen molar-refractivity contribution in [2.45, 2.75) is 26.4 Å². The lowest BCUT2D eigenvalue weighted by molar-refractivity contribution is 0.191. The molecule has 0 fully saturated rings. The van der Waals surface area contributed by atoms with E-state index < -0.39 is 15.9 Å². The van der Waals surface area contributed by atoms with E-state index in [1.165, 1.54) is 0 Å². The number of ether oxygens (including phenoxy) is 1. The molecule has 0 bridgehead atoms. The molecule has 0 heterocycles. The smallest absolute Gasteiger partial charge is 0.150 e. The molecule has 1 N–H and O–H groups in total. The highest BCUT2D eigenvalue weighted by Crippen LogP contribution is 2.28. The summed E-state index contributed by atoms with van der Waals surface area (Å²) >= 11 is 3.34. The minimum absolute atomic E-state index is 0.129. The maximum Gasteiger partial charge on any atom is 0.150 e. The molecule has 1 rings (SSSR count). The van der Waals surface area contributed by atoms with Gasteiger partial charge in [-0.25, -0.2) is 8.42 Å². The molecule has 0 saturated carbocycles. The van der Waals surface area contributed by atoms with Crippen molar-refractivity contribution in [3.63, 3.8) is 0 Å². The zero-order chi connectivity index (χ0) is 14.5. The Kier molecular flexibility index (Phi) is 6.29. The zero-order valence-electron chi connectivity index (χ0n) is 11.1. The monoisotopic (exact) mass is 350 g/mol. The molecule has 19 heavy (non-hydrogen) atoms. The molecule has 0 saturated heterocycles. The first kappa shape index (κ1) is 16.5. The van der Waals surface area contributed by atoms with E-state index in [1.54, 1.807) is 26.0 Å². The predicted molar refractivity (Wildman–Crippen MR) is 79.2 cm³/mol. The molecule has 0 radical (unpaired) electrons. The van der Waals surface area contributed by atoms with Crippen LogP contribution in [0.4, 0.5) is 0 Å². The third-order valence-electron chi connectivity index (χ3n) is 2.72. The van der Waals surface area contributed by atoms with Crippen LogP contribution in [0.1, 0.15) is 31.9 Å². The van der Waals surface area contributed by atoms with Gasteiger partial charge in [-0.15, -0.1) is 0 Å². The van der Waals surface area contributed by atoms with Gasteiger partial charge in [0.15, 0.2) is 0 Å². The molecular formula is C13H19BrO4S. The Balaban J connectivity index is 2.59. The Morgan fingerprint density at radius 1 is 1.42 bits per heavy atom. The highest BCUT2D eigenvalue weighted by atomic mass is 79.9. The van der Waals surface area contributed by atoms with Crippen molar-refractivity contribution < 1.29 is 18.3 Å². The van der Waals surface area contributed by atoms with Crippen molar-refractivity contribution in [3.8, 4) is 5.75 Å². The second kappa shape index (κ2) is 7.26. The number of hydrogen-bond donors (Lipinski definition) is 1. The van der Waals surface area contributed by atoms with E-state index in [0.29, 0.717) is 24.3 Å². The molecule has 1 unspecified atom stereocenters. The Hall–Kier alpha value is -0.590. The Morgan fingerprint density at radius 2 is 2.11 bits per heavy atom. The first-order chi connectivity index (χ1) is 8.85. The standard InChI is InChI=1S/C13H19BrO4S/c1-3-19(16,17)8-4-7-18-13-6-5-11(14)9-12(13)10(2)15/h5-6,9-10,15H,3-4,7-8H2,1-2H3. The maximum absolute atomic E-state index is 11.3. The van der Waals surface area contributed by atoms with Gasteiger partial charge in [0.1, 0.15) is 15.6 Å². The quantitative estimate of drug-likeness (QED) is 0.768. The summed E-state index contributed by atoms with van der Waals surface area (Å²) in [5, 5.41) is 9.66. The fraction of sp³-hybridized carbons (Fsp3) is 0.538. The normalized spacial score (nSPS) is 13.3. The van der Waals surface area contributed by atoms with Crippen LogP contribution in [0.25, 0.3) is 0 Å². The SMILES string of the molecule is CCS(=O)(=O)CCCOc1ccc(Br)cc1C(C)O. The molecule has 6 heteroatoms. The molecular weight excluding hydrogens is 332 g/mol. The van der Waals surface area contributed by atoms with E-state index in [-0.39, 0.29) is 11.5 Å². The summed E-state index contributed by atoms with van der Waals surface area (Å²) in [5.41, 5.74) is 0.688. The van der Waals surface area contributed by atoms with Gasteiger partial charge in [-0.05, 0) is 31.5 Å². The van der Waals surface area contributed by atoms with Gasteiger partial charge in [-0.2, -0.15) is 0 Å². The van der Waals surface area contributed by atoms with Gasteiger partial charge in [0, 0.05) is 15.8 Å². The second-order valence-corrected chi connectivity index (χ2v) is 7.68. The van der Waals surface area contributed by atoms with E-state index in [1.807, 2.05) is 6.07 Å². The van der Waals surface area contributed by atoms with E-state index >= 15 is 0 Å². The molecule has 4 nitrogen and oxygen atoms in total. The number of rotatable bonds is 7. The van der Waals surface area contributed by atoms with Crippen LogP contribution in [0.15, 0.2) is 22.7 Å². The van der Waals surface area contributed by atoms with Gasteiger partial charge in [0.05, 0.1) is 18.5 Å². The molecule has 0 spiro atoms. The number of aliphatic hydroxyl groups is 1. The van der Waals surface area contributed by atoms with Crippen LogP contribution in [0.2, 0.25) is 0 Å².